The second-order valence-electron chi connectivity index (χ2n) is 2.88. The van der Waals surface area contributed by atoms with Crippen LogP contribution < -0.4 is 4.74 Å². The first kappa shape index (κ1) is 13.6. The normalized spacial score (nSPS) is 10.6. The number of Topliss-reactive ketones (excluding diaryl/α,β-unsaturated/α-hetero) is 1. The van der Waals surface area contributed by atoms with Crippen molar-refractivity contribution in [2.24, 2.45) is 0 Å². The standard InChI is InChI=1S/C10H8ClF2IO2/c11-4-3-9(15)7-5-6(16-10(12)13)1-2-8(7)14/h1-2,5,10H,3-4H2. The number of halogens is 4. The molecule has 0 saturated carbocycles. The molecule has 0 atom stereocenters. The van der Waals surface area contributed by atoms with Gasteiger partial charge in [-0.1, -0.05) is 0 Å². The maximum Gasteiger partial charge on any atom is 0.387 e. The predicted octanol–water partition coefficient (Wildman–Crippen LogP) is 3.70. The van der Waals surface area contributed by atoms with Crippen LogP contribution in [0.5, 0.6) is 5.75 Å². The first-order valence-corrected chi connectivity index (χ1v) is 5.99. The van der Waals surface area contributed by atoms with Crippen molar-refractivity contribution in [3.05, 3.63) is 27.3 Å². The lowest BCUT2D eigenvalue weighted by Crippen LogP contribution is -2.06. The van der Waals surface area contributed by atoms with Crippen molar-refractivity contribution in [1.29, 1.82) is 0 Å². The van der Waals surface area contributed by atoms with Crippen LogP contribution in [0.25, 0.3) is 0 Å². The Morgan fingerprint density at radius 2 is 2.19 bits per heavy atom. The SMILES string of the molecule is O=C(CCCl)c1cc(OC(F)F)ccc1I. The molecule has 0 unspecified atom stereocenters. The van der Waals surface area contributed by atoms with Crippen LogP contribution in [0, 0.1) is 3.57 Å². The largest absolute Gasteiger partial charge is 0.435 e. The van der Waals surface area contributed by atoms with Crippen LogP contribution in [-0.4, -0.2) is 18.3 Å². The van der Waals surface area contributed by atoms with Crippen LogP contribution in [0.3, 0.4) is 0 Å². The van der Waals surface area contributed by atoms with E-state index < -0.39 is 6.61 Å². The first-order valence-electron chi connectivity index (χ1n) is 4.38. The van der Waals surface area contributed by atoms with Gasteiger partial charge in [0.2, 0.25) is 0 Å². The Kier molecular flexibility index (Phi) is 5.40. The average molecular weight is 361 g/mol. The van der Waals surface area contributed by atoms with E-state index in [0.717, 1.165) is 0 Å². The van der Waals surface area contributed by atoms with Crippen LogP contribution >= 0.6 is 34.2 Å². The molecule has 0 heterocycles. The summed E-state index contributed by atoms with van der Waals surface area (Å²) in [5.41, 5.74) is 0.361. The number of ether oxygens (including phenoxy) is 1. The lowest BCUT2D eigenvalue weighted by molar-refractivity contribution is -0.0498. The van der Waals surface area contributed by atoms with Gasteiger partial charge in [-0.2, -0.15) is 8.78 Å². The third kappa shape index (κ3) is 3.86. The molecule has 0 aromatic heterocycles. The monoisotopic (exact) mass is 360 g/mol. The number of ketones is 1. The van der Waals surface area contributed by atoms with E-state index in [-0.39, 0.29) is 23.8 Å². The third-order valence-corrected chi connectivity index (χ3v) is 2.91. The molecule has 2 nitrogen and oxygen atoms in total. The second-order valence-corrected chi connectivity index (χ2v) is 4.42. The number of hydrogen-bond donors (Lipinski definition) is 0. The lowest BCUT2D eigenvalue weighted by atomic mass is 10.1. The van der Waals surface area contributed by atoms with E-state index in [1.54, 1.807) is 6.07 Å². The molecule has 0 amide bonds. The number of benzene rings is 1. The Morgan fingerprint density at radius 3 is 2.75 bits per heavy atom. The highest BCUT2D eigenvalue weighted by Gasteiger charge is 2.12. The molecule has 0 saturated heterocycles. The molecule has 1 aromatic carbocycles. The Morgan fingerprint density at radius 1 is 1.50 bits per heavy atom. The fourth-order valence-electron chi connectivity index (χ4n) is 1.11. The van der Waals surface area contributed by atoms with Gasteiger partial charge in [0.05, 0.1) is 0 Å². The van der Waals surface area contributed by atoms with Crippen molar-refractivity contribution in [3.8, 4) is 5.75 Å². The van der Waals surface area contributed by atoms with E-state index in [1.165, 1.54) is 12.1 Å². The topological polar surface area (TPSA) is 26.3 Å². The van der Waals surface area contributed by atoms with E-state index in [4.69, 9.17) is 11.6 Å². The zero-order chi connectivity index (χ0) is 12.1. The van der Waals surface area contributed by atoms with Gasteiger partial charge < -0.3 is 4.74 Å². The Balaban J connectivity index is 2.94. The molecule has 0 bridgehead atoms. The van der Waals surface area contributed by atoms with E-state index in [0.29, 0.717) is 9.13 Å². The second kappa shape index (κ2) is 6.34. The highest BCUT2D eigenvalue weighted by Crippen LogP contribution is 2.22. The molecular weight excluding hydrogens is 352 g/mol. The summed E-state index contributed by atoms with van der Waals surface area (Å²) in [4.78, 5) is 11.6. The van der Waals surface area contributed by atoms with Gasteiger partial charge in [-0.25, -0.2) is 0 Å². The molecular formula is C10H8ClF2IO2. The molecule has 16 heavy (non-hydrogen) atoms. The van der Waals surface area contributed by atoms with Gasteiger partial charge in [0.25, 0.3) is 0 Å². The van der Waals surface area contributed by atoms with E-state index in [1.807, 2.05) is 22.6 Å². The summed E-state index contributed by atoms with van der Waals surface area (Å²) >= 11 is 7.41. The highest BCUT2D eigenvalue weighted by molar-refractivity contribution is 14.1. The van der Waals surface area contributed by atoms with E-state index in [2.05, 4.69) is 4.74 Å². The molecule has 0 radical (unpaired) electrons. The Labute approximate surface area is 110 Å². The van der Waals surface area contributed by atoms with Gasteiger partial charge in [-0.3, -0.25) is 4.79 Å². The third-order valence-electron chi connectivity index (χ3n) is 1.78. The van der Waals surface area contributed by atoms with Gasteiger partial charge in [0, 0.05) is 21.4 Å². The van der Waals surface area contributed by atoms with Crippen molar-refractivity contribution in [2.75, 3.05) is 5.88 Å². The van der Waals surface area contributed by atoms with Crippen molar-refractivity contribution in [3.63, 3.8) is 0 Å². The number of rotatable bonds is 5. The summed E-state index contributed by atoms with van der Waals surface area (Å²) in [6.45, 7) is -2.89. The summed E-state index contributed by atoms with van der Waals surface area (Å²) in [7, 11) is 0. The fraction of sp³-hybridized carbons (Fsp3) is 0.300. The van der Waals surface area contributed by atoms with Crippen LogP contribution in [0.2, 0.25) is 0 Å². The van der Waals surface area contributed by atoms with Crippen LogP contribution in [0.15, 0.2) is 18.2 Å². The summed E-state index contributed by atoms with van der Waals surface area (Å²) in [5.74, 6) is 0.00179. The minimum atomic E-state index is -2.89. The van der Waals surface area contributed by atoms with Crippen LogP contribution in [0.4, 0.5) is 8.78 Å². The zero-order valence-corrected chi connectivity index (χ0v) is 11.0. The van der Waals surface area contributed by atoms with Crippen molar-refractivity contribution in [2.45, 2.75) is 13.0 Å². The minimum Gasteiger partial charge on any atom is -0.435 e. The quantitative estimate of drug-likeness (QED) is 0.455. The van der Waals surface area contributed by atoms with Gasteiger partial charge in [-0.15, -0.1) is 11.6 Å². The maximum absolute atomic E-state index is 12.0. The molecule has 0 N–H and O–H groups in total. The first-order chi connectivity index (χ1) is 7.54. The summed E-state index contributed by atoms with van der Waals surface area (Å²) < 4.78 is 28.8. The molecule has 6 heteroatoms. The molecule has 1 aromatic rings. The summed E-state index contributed by atoms with van der Waals surface area (Å²) in [6.07, 6.45) is 0.176. The smallest absolute Gasteiger partial charge is 0.387 e. The minimum absolute atomic E-state index is 0.0201. The fourth-order valence-corrected chi connectivity index (χ4v) is 1.92. The average Bonchev–Trinajstić information content (AvgIpc) is 2.20. The highest BCUT2D eigenvalue weighted by atomic mass is 127. The molecule has 0 aliphatic carbocycles. The van der Waals surface area contributed by atoms with Gasteiger partial charge in [0.1, 0.15) is 5.75 Å². The van der Waals surface area contributed by atoms with Crippen LogP contribution in [-0.2, 0) is 0 Å². The molecule has 0 fully saturated rings. The van der Waals surface area contributed by atoms with Gasteiger partial charge >= 0.3 is 6.61 Å². The lowest BCUT2D eigenvalue weighted by Gasteiger charge is -2.07. The number of carbonyl (C=O) groups excluding carboxylic acids is 1. The number of hydrogen-bond acceptors (Lipinski definition) is 2. The van der Waals surface area contributed by atoms with Crippen molar-refractivity contribution < 1.29 is 18.3 Å². The van der Waals surface area contributed by atoms with Gasteiger partial charge in [0.15, 0.2) is 5.78 Å². The zero-order valence-electron chi connectivity index (χ0n) is 8.05. The van der Waals surface area contributed by atoms with Crippen molar-refractivity contribution in [1.82, 2.24) is 0 Å². The number of alkyl halides is 3. The summed E-state index contributed by atoms with van der Waals surface area (Å²) in [6, 6.07) is 4.26. The summed E-state index contributed by atoms with van der Waals surface area (Å²) in [5, 5.41) is 0. The number of carbonyl (C=O) groups is 1. The molecule has 88 valence electrons. The Hall–Kier alpha value is -0.430. The predicted molar refractivity (Wildman–Crippen MR) is 65.5 cm³/mol. The Bertz CT molecular complexity index is 385. The molecule has 0 aliphatic heterocycles. The van der Waals surface area contributed by atoms with Crippen LogP contribution in [0.1, 0.15) is 16.8 Å². The van der Waals surface area contributed by atoms with Crippen molar-refractivity contribution >= 4 is 40.0 Å². The van der Waals surface area contributed by atoms with E-state index >= 15 is 0 Å². The van der Waals surface area contributed by atoms with Gasteiger partial charge in [-0.05, 0) is 40.8 Å². The molecule has 0 aliphatic rings. The molecule has 1 rings (SSSR count). The molecule has 0 spiro atoms. The maximum atomic E-state index is 12.0. The van der Waals surface area contributed by atoms with E-state index in [9.17, 15) is 13.6 Å².